The smallest absolute Gasteiger partial charge is 0.262 e. The van der Waals surface area contributed by atoms with Gasteiger partial charge in [0, 0.05) is 0 Å². The predicted octanol–water partition coefficient (Wildman–Crippen LogP) is 2.89. The van der Waals surface area contributed by atoms with Crippen molar-refractivity contribution in [1.29, 1.82) is 5.26 Å². The molecule has 5 nitrogen and oxygen atoms in total. The number of nitriles is 1. The zero-order valence-corrected chi connectivity index (χ0v) is 12.4. The van der Waals surface area contributed by atoms with Crippen molar-refractivity contribution >= 4 is 11.6 Å². The summed E-state index contributed by atoms with van der Waals surface area (Å²) in [7, 11) is 1.55. The van der Waals surface area contributed by atoms with Gasteiger partial charge in [-0.1, -0.05) is 6.07 Å². The van der Waals surface area contributed by atoms with Crippen LogP contribution in [0.15, 0.2) is 42.5 Å². The summed E-state index contributed by atoms with van der Waals surface area (Å²) < 4.78 is 10.6. The minimum absolute atomic E-state index is 0.122. The number of rotatable bonds is 5. The summed E-state index contributed by atoms with van der Waals surface area (Å²) in [5, 5.41) is 11.5. The highest BCUT2D eigenvalue weighted by Gasteiger charge is 2.08. The molecule has 2 aromatic carbocycles. The van der Waals surface area contributed by atoms with Crippen molar-refractivity contribution in [2.45, 2.75) is 6.92 Å². The van der Waals surface area contributed by atoms with Gasteiger partial charge in [0.2, 0.25) is 0 Å². The number of ether oxygens (including phenoxy) is 2. The van der Waals surface area contributed by atoms with Gasteiger partial charge in [0.05, 0.1) is 24.4 Å². The maximum atomic E-state index is 11.9. The summed E-state index contributed by atoms with van der Waals surface area (Å²) in [5.41, 5.74) is 2.17. The molecule has 0 fully saturated rings. The van der Waals surface area contributed by atoms with Crippen LogP contribution in [0.4, 0.5) is 5.69 Å². The molecule has 0 unspecified atom stereocenters. The van der Waals surface area contributed by atoms with E-state index in [-0.39, 0.29) is 12.5 Å². The Morgan fingerprint density at radius 1 is 1.23 bits per heavy atom. The van der Waals surface area contributed by atoms with E-state index in [1.807, 2.05) is 25.1 Å². The largest absolute Gasteiger partial charge is 0.495 e. The zero-order chi connectivity index (χ0) is 15.9. The Morgan fingerprint density at radius 3 is 2.59 bits per heavy atom. The quantitative estimate of drug-likeness (QED) is 0.921. The van der Waals surface area contributed by atoms with E-state index in [0.717, 1.165) is 5.56 Å². The minimum atomic E-state index is -0.284. The first kappa shape index (κ1) is 15.4. The SMILES string of the molecule is COc1ccc(C)cc1NC(=O)COc1ccc(C#N)cc1. The molecule has 0 aliphatic heterocycles. The van der Waals surface area contributed by atoms with Gasteiger partial charge in [-0.3, -0.25) is 4.79 Å². The Kier molecular flexibility index (Phi) is 4.99. The monoisotopic (exact) mass is 296 g/mol. The number of nitrogens with zero attached hydrogens (tertiary/aromatic N) is 1. The highest BCUT2D eigenvalue weighted by molar-refractivity contribution is 5.93. The lowest BCUT2D eigenvalue weighted by Crippen LogP contribution is -2.20. The van der Waals surface area contributed by atoms with Crippen molar-refractivity contribution in [3.8, 4) is 17.6 Å². The van der Waals surface area contributed by atoms with Gasteiger partial charge >= 0.3 is 0 Å². The maximum Gasteiger partial charge on any atom is 0.262 e. The van der Waals surface area contributed by atoms with Crippen LogP contribution in [0, 0.1) is 18.3 Å². The number of hydrogen-bond acceptors (Lipinski definition) is 4. The number of methoxy groups -OCH3 is 1. The molecule has 0 saturated heterocycles. The van der Waals surface area contributed by atoms with Gasteiger partial charge in [-0.05, 0) is 48.9 Å². The van der Waals surface area contributed by atoms with Gasteiger partial charge in [0.15, 0.2) is 6.61 Å². The molecule has 1 amide bonds. The van der Waals surface area contributed by atoms with E-state index in [2.05, 4.69) is 5.32 Å². The third kappa shape index (κ3) is 4.00. The Bertz CT molecular complexity index is 703. The van der Waals surface area contributed by atoms with E-state index in [1.165, 1.54) is 0 Å². The first-order chi connectivity index (χ1) is 10.6. The van der Waals surface area contributed by atoms with Crippen molar-refractivity contribution in [2.75, 3.05) is 19.0 Å². The van der Waals surface area contributed by atoms with Gasteiger partial charge in [0.25, 0.3) is 5.91 Å². The van der Waals surface area contributed by atoms with Crippen LogP contribution in [-0.4, -0.2) is 19.6 Å². The Balaban J connectivity index is 1.95. The van der Waals surface area contributed by atoms with Crippen molar-refractivity contribution in [3.63, 3.8) is 0 Å². The van der Waals surface area contributed by atoms with Crippen LogP contribution in [0.25, 0.3) is 0 Å². The number of nitrogens with one attached hydrogen (secondary N) is 1. The lowest BCUT2D eigenvalue weighted by Gasteiger charge is -2.11. The molecule has 0 atom stereocenters. The Morgan fingerprint density at radius 2 is 1.95 bits per heavy atom. The summed E-state index contributed by atoms with van der Waals surface area (Å²) in [5.74, 6) is 0.843. The number of carbonyl (C=O) groups is 1. The molecule has 0 aliphatic carbocycles. The first-order valence-corrected chi connectivity index (χ1v) is 6.70. The normalized spacial score (nSPS) is 9.68. The van der Waals surface area contributed by atoms with Gasteiger partial charge in [-0.25, -0.2) is 0 Å². The van der Waals surface area contributed by atoms with Gasteiger partial charge in [-0.2, -0.15) is 5.26 Å². The summed E-state index contributed by atoms with van der Waals surface area (Å²) in [6.45, 7) is 1.81. The molecule has 0 bridgehead atoms. The van der Waals surface area contributed by atoms with Crippen molar-refractivity contribution in [1.82, 2.24) is 0 Å². The molecule has 0 spiro atoms. The van der Waals surface area contributed by atoms with E-state index in [1.54, 1.807) is 37.4 Å². The molecule has 112 valence electrons. The lowest BCUT2D eigenvalue weighted by atomic mass is 10.2. The number of aryl methyl sites for hydroxylation is 1. The fourth-order valence-electron chi connectivity index (χ4n) is 1.88. The summed E-state index contributed by atoms with van der Waals surface area (Å²) >= 11 is 0. The van der Waals surface area contributed by atoms with E-state index < -0.39 is 0 Å². The summed E-state index contributed by atoms with van der Waals surface area (Å²) in [4.78, 5) is 11.9. The molecule has 2 aromatic rings. The van der Waals surface area contributed by atoms with Crippen LogP contribution in [-0.2, 0) is 4.79 Å². The summed E-state index contributed by atoms with van der Waals surface area (Å²) in [6, 6.07) is 14.1. The Labute approximate surface area is 129 Å². The fraction of sp³-hybridized carbons (Fsp3) is 0.176. The number of amides is 1. The third-order valence-corrected chi connectivity index (χ3v) is 2.98. The van der Waals surface area contributed by atoms with Crippen molar-refractivity contribution in [3.05, 3.63) is 53.6 Å². The summed E-state index contributed by atoms with van der Waals surface area (Å²) in [6.07, 6.45) is 0. The van der Waals surface area contributed by atoms with Crippen LogP contribution in [0.5, 0.6) is 11.5 Å². The van der Waals surface area contributed by atoms with E-state index in [9.17, 15) is 4.79 Å². The fourth-order valence-corrected chi connectivity index (χ4v) is 1.88. The van der Waals surface area contributed by atoms with Crippen LogP contribution < -0.4 is 14.8 Å². The second-order valence-corrected chi connectivity index (χ2v) is 4.68. The predicted molar refractivity (Wildman–Crippen MR) is 83.0 cm³/mol. The molecular formula is C17H16N2O3. The van der Waals surface area contributed by atoms with Crippen molar-refractivity contribution in [2.24, 2.45) is 0 Å². The molecule has 0 heterocycles. The molecule has 2 rings (SSSR count). The highest BCUT2D eigenvalue weighted by Crippen LogP contribution is 2.25. The van der Waals surface area contributed by atoms with Crippen molar-refractivity contribution < 1.29 is 14.3 Å². The molecule has 0 radical (unpaired) electrons. The topological polar surface area (TPSA) is 71.3 Å². The number of hydrogen-bond donors (Lipinski definition) is 1. The third-order valence-electron chi connectivity index (χ3n) is 2.98. The van der Waals surface area contributed by atoms with Gasteiger partial charge in [0.1, 0.15) is 11.5 Å². The van der Waals surface area contributed by atoms with Crippen LogP contribution in [0.1, 0.15) is 11.1 Å². The zero-order valence-electron chi connectivity index (χ0n) is 12.4. The lowest BCUT2D eigenvalue weighted by molar-refractivity contribution is -0.118. The van der Waals surface area contributed by atoms with Crippen LogP contribution >= 0.6 is 0 Å². The van der Waals surface area contributed by atoms with Crippen LogP contribution in [0.3, 0.4) is 0 Å². The highest BCUT2D eigenvalue weighted by atomic mass is 16.5. The number of benzene rings is 2. The van der Waals surface area contributed by atoms with E-state index in [0.29, 0.717) is 22.7 Å². The molecule has 0 saturated carbocycles. The van der Waals surface area contributed by atoms with Crippen LogP contribution in [0.2, 0.25) is 0 Å². The van der Waals surface area contributed by atoms with E-state index >= 15 is 0 Å². The molecule has 0 aromatic heterocycles. The molecule has 0 aliphatic rings. The maximum absolute atomic E-state index is 11.9. The standard InChI is InChI=1S/C17H16N2O3/c1-12-3-8-16(21-2)15(9-12)19-17(20)11-22-14-6-4-13(10-18)5-7-14/h3-9H,11H2,1-2H3,(H,19,20). The Hall–Kier alpha value is -3.00. The molecule has 5 heteroatoms. The van der Waals surface area contributed by atoms with Gasteiger partial charge < -0.3 is 14.8 Å². The second-order valence-electron chi connectivity index (χ2n) is 4.68. The number of anilines is 1. The minimum Gasteiger partial charge on any atom is -0.495 e. The number of carbonyl (C=O) groups excluding carboxylic acids is 1. The van der Waals surface area contributed by atoms with E-state index in [4.69, 9.17) is 14.7 Å². The molecule has 1 N–H and O–H groups in total. The molecule has 22 heavy (non-hydrogen) atoms. The average molecular weight is 296 g/mol. The first-order valence-electron chi connectivity index (χ1n) is 6.70. The van der Waals surface area contributed by atoms with Gasteiger partial charge in [-0.15, -0.1) is 0 Å². The average Bonchev–Trinajstić information content (AvgIpc) is 2.53. The second kappa shape index (κ2) is 7.14. The molecular weight excluding hydrogens is 280 g/mol.